The zero-order valence-electron chi connectivity index (χ0n) is 20.0. The molecule has 1 N–H and O–H groups in total. The number of hydrogen-bond acceptors (Lipinski definition) is 4. The quantitative estimate of drug-likeness (QED) is 0.291. The fourth-order valence-electron chi connectivity index (χ4n) is 4.22. The van der Waals surface area contributed by atoms with E-state index < -0.39 is 10.2 Å². The van der Waals surface area contributed by atoms with E-state index in [-0.39, 0.29) is 12.1 Å². The zero-order valence-corrected chi connectivity index (χ0v) is 20.9. The van der Waals surface area contributed by atoms with E-state index >= 15 is 0 Å². The highest BCUT2D eigenvalue weighted by Gasteiger charge is 2.30. The SMILES string of the molecule is C=CCN(C)CCCCCCCO[C@H]1CC[C@H](N(C)S(=O)(=O)NCc2ccccc2)CC1. The maximum absolute atomic E-state index is 12.6. The second-order valence-corrected chi connectivity index (χ2v) is 10.8. The van der Waals surface area contributed by atoms with Gasteiger partial charge in [-0.2, -0.15) is 17.4 Å². The van der Waals surface area contributed by atoms with Crippen molar-refractivity contribution in [3.05, 3.63) is 48.6 Å². The van der Waals surface area contributed by atoms with Crippen molar-refractivity contribution in [3.8, 4) is 0 Å². The summed E-state index contributed by atoms with van der Waals surface area (Å²) in [7, 11) is 0.345. The molecule has 1 fully saturated rings. The van der Waals surface area contributed by atoms with Gasteiger partial charge in [-0.3, -0.25) is 0 Å². The molecule has 0 radical (unpaired) electrons. The summed E-state index contributed by atoms with van der Waals surface area (Å²) in [6.45, 7) is 7.00. The summed E-state index contributed by atoms with van der Waals surface area (Å²) < 4.78 is 35.6. The lowest BCUT2D eigenvalue weighted by Crippen LogP contribution is -2.45. The van der Waals surface area contributed by atoms with Gasteiger partial charge in [-0.15, -0.1) is 6.58 Å². The largest absolute Gasteiger partial charge is 0.378 e. The lowest BCUT2D eigenvalue weighted by Gasteiger charge is -2.34. The molecule has 0 amide bonds. The van der Waals surface area contributed by atoms with E-state index in [9.17, 15) is 8.42 Å². The maximum Gasteiger partial charge on any atom is 0.279 e. The van der Waals surface area contributed by atoms with Crippen molar-refractivity contribution in [1.82, 2.24) is 13.9 Å². The summed E-state index contributed by atoms with van der Waals surface area (Å²) >= 11 is 0. The first kappa shape index (κ1) is 27.0. The lowest BCUT2D eigenvalue weighted by atomic mass is 9.93. The molecule has 1 aromatic rings. The molecule has 0 unspecified atom stereocenters. The summed E-state index contributed by atoms with van der Waals surface area (Å²) in [4.78, 5) is 2.30. The smallest absolute Gasteiger partial charge is 0.279 e. The van der Waals surface area contributed by atoms with Gasteiger partial charge in [0.2, 0.25) is 0 Å². The monoisotopic (exact) mass is 465 g/mol. The second kappa shape index (κ2) is 14.8. The predicted molar refractivity (Wildman–Crippen MR) is 133 cm³/mol. The minimum absolute atomic E-state index is 0.0438. The van der Waals surface area contributed by atoms with E-state index in [1.54, 1.807) is 7.05 Å². The van der Waals surface area contributed by atoms with Gasteiger partial charge in [0, 0.05) is 32.8 Å². The fourth-order valence-corrected chi connectivity index (χ4v) is 5.38. The minimum atomic E-state index is -3.48. The summed E-state index contributed by atoms with van der Waals surface area (Å²) in [5.74, 6) is 0. The van der Waals surface area contributed by atoms with Crippen LogP contribution >= 0.6 is 0 Å². The summed E-state index contributed by atoms with van der Waals surface area (Å²) in [5, 5.41) is 0. The lowest BCUT2D eigenvalue weighted by molar-refractivity contribution is 0.0156. The maximum atomic E-state index is 12.6. The molecule has 6 nitrogen and oxygen atoms in total. The Kier molecular flexibility index (Phi) is 12.5. The summed E-state index contributed by atoms with van der Waals surface area (Å²) in [5.41, 5.74) is 0.960. The van der Waals surface area contributed by atoms with Gasteiger partial charge in [-0.25, -0.2) is 0 Å². The molecule has 182 valence electrons. The Morgan fingerprint density at radius 3 is 2.38 bits per heavy atom. The first-order chi connectivity index (χ1) is 15.4. The summed E-state index contributed by atoms with van der Waals surface area (Å²) in [6.07, 6.45) is 11.9. The fraction of sp³-hybridized carbons (Fsp3) is 0.680. The van der Waals surface area contributed by atoms with Crippen molar-refractivity contribution < 1.29 is 13.2 Å². The molecule has 1 aliphatic rings. The third kappa shape index (κ3) is 10.1. The summed E-state index contributed by atoms with van der Waals surface area (Å²) in [6, 6.07) is 9.65. The Hall–Kier alpha value is -1.25. The van der Waals surface area contributed by atoms with E-state index in [2.05, 4.69) is 23.2 Å². The highest BCUT2D eigenvalue weighted by molar-refractivity contribution is 7.87. The van der Waals surface area contributed by atoms with E-state index in [0.29, 0.717) is 6.54 Å². The highest BCUT2D eigenvalue weighted by atomic mass is 32.2. The molecular formula is C25H43N3O3S. The molecule has 1 aliphatic carbocycles. The minimum Gasteiger partial charge on any atom is -0.378 e. The van der Waals surface area contributed by atoms with E-state index in [0.717, 1.165) is 57.4 Å². The van der Waals surface area contributed by atoms with Crippen LogP contribution in [-0.2, 0) is 21.5 Å². The number of rotatable bonds is 16. The molecule has 1 saturated carbocycles. The average molecular weight is 466 g/mol. The number of nitrogens with zero attached hydrogens (tertiary/aromatic N) is 2. The van der Waals surface area contributed by atoms with Gasteiger partial charge < -0.3 is 9.64 Å². The van der Waals surface area contributed by atoms with E-state index in [4.69, 9.17) is 4.74 Å². The van der Waals surface area contributed by atoms with Crippen molar-refractivity contribution >= 4 is 10.2 Å². The van der Waals surface area contributed by atoms with Gasteiger partial charge >= 0.3 is 0 Å². The van der Waals surface area contributed by atoms with Crippen LogP contribution in [0.4, 0.5) is 0 Å². The normalized spacial score (nSPS) is 19.5. The molecule has 0 aromatic heterocycles. The number of unbranched alkanes of at least 4 members (excludes halogenated alkanes) is 4. The second-order valence-electron chi connectivity index (χ2n) is 8.95. The molecule has 0 bridgehead atoms. The first-order valence-electron chi connectivity index (χ1n) is 12.1. The van der Waals surface area contributed by atoms with Crippen molar-refractivity contribution in [2.75, 3.05) is 33.8 Å². The Morgan fingerprint density at radius 2 is 1.69 bits per heavy atom. The van der Waals surface area contributed by atoms with Gasteiger partial charge in [0.25, 0.3) is 10.2 Å². The van der Waals surface area contributed by atoms with Gasteiger partial charge in [-0.05, 0) is 57.7 Å². The first-order valence-corrected chi connectivity index (χ1v) is 13.5. The predicted octanol–water partition coefficient (Wildman–Crippen LogP) is 4.35. The number of ether oxygens (including phenoxy) is 1. The Labute approximate surface area is 196 Å². The van der Waals surface area contributed by atoms with Gasteiger partial charge in [0.1, 0.15) is 0 Å². The van der Waals surface area contributed by atoms with Crippen LogP contribution in [0, 0.1) is 0 Å². The van der Waals surface area contributed by atoms with Crippen molar-refractivity contribution in [2.24, 2.45) is 0 Å². The molecular weight excluding hydrogens is 422 g/mol. The van der Waals surface area contributed by atoms with Gasteiger partial charge in [0.05, 0.1) is 6.10 Å². The number of hydrogen-bond donors (Lipinski definition) is 1. The third-order valence-electron chi connectivity index (χ3n) is 6.32. The van der Waals surface area contributed by atoms with Crippen LogP contribution < -0.4 is 4.72 Å². The van der Waals surface area contributed by atoms with Crippen molar-refractivity contribution in [1.29, 1.82) is 0 Å². The Morgan fingerprint density at radius 1 is 1.03 bits per heavy atom. The molecule has 7 heteroatoms. The molecule has 0 aliphatic heterocycles. The van der Waals surface area contributed by atoms with Gasteiger partial charge in [-0.1, -0.05) is 55.7 Å². The Balaban J connectivity index is 1.55. The molecule has 0 spiro atoms. The van der Waals surface area contributed by atoms with Gasteiger partial charge in [0.15, 0.2) is 0 Å². The standard InChI is InChI=1S/C25H43N3O3S/c1-4-19-27(2)20-11-6-5-7-12-21-31-25-17-15-24(16-18-25)28(3)32(29,30)26-22-23-13-9-8-10-14-23/h4,8-10,13-14,24-26H,1,5-7,11-12,15-22H2,2-3H3/t24-,25-. The molecule has 0 heterocycles. The van der Waals surface area contributed by atoms with Crippen LogP contribution in [0.3, 0.4) is 0 Å². The molecule has 1 aromatic carbocycles. The van der Waals surface area contributed by atoms with Crippen LogP contribution in [0.25, 0.3) is 0 Å². The third-order valence-corrected chi connectivity index (χ3v) is 7.88. The zero-order chi connectivity index (χ0) is 23.2. The molecule has 2 rings (SSSR count). The van der Waals surface area contributed by atoms with Crippen molar-refractivity contribution in [2.45, 2.75) is 76.5 Å². The molecule has 0 atom stereocenters. The van der Waals surface area contributed by atoms with Crippen LogP contribution in [0.2, 0.25) is 0 Å². The topological polar surface area (TPSA) is 61.9 Å². The van der Waals surface area contributed by atoms with E-state index in [1.807, 2.05) is 36.4 Å². The highest BCUT2D eigenvalue weighted by Crippen LogP contribution is 2.26. The van der Waals surface area contributed by atoms with Crippen molar-refractivity contribution in [3.63, 3.8) is 0 Å². The van der Waals surface area contributed by atoms with Crippen LogP contribution in [0.5, 0.6) is 0 Å². The Bertz CT molecular complexity index is 734. The number of benzene rings is 1. The molecule has 32 heavy (non-hydrogen) atoms. The molecule has 0 saturated heterocycles. The van der Waals surface area contributed by atoms with E-state index in [1.165, 1.54) is 30.0 Å². The van der Waals surface area contributed by atoms with Crippen LogP contribution in [0.1, 0.15) is 63.4 Å². The number of likely N-dealkylation sites (N-methyl/N-ethyl adjacent to an activating group) is 1. The number of nitrogens with one attached hydrogen (secondary N) is 1. The van der Waals surface area contributed by atoms with Crippen LogP contribution in [0.15, 0.2) is 43.0 Å². The average Bonchev–Trinajstić information content (AvgIpc) is 2.80. The van der Waals surface area contributed by atoms with Crippen LogP contribution in [-0.4, -0.2) is 63.6 Å².